The van der Waals surface area contributed by atoms with Gasteiger partial charge in [-0.05, 0) is 32.8 Å². The highest BCUT2D eigenvalue weighted by atomic mass is 35.5. The summed E-state index contributed by atoms with van der Waals surface area (Å²) in [7, 11) is 0. The smallest absolute Gasteiger partial charge is 0.282 e. The number of carbonyl (C=O) groups excluding carboxylic acids is 1. The lowest BCUT2D eigenvalue weighted by atomic mass is 10.1. The third-order valence-electron chi connectivity index (χ3n) is 2.73. The molecule has 0 saturated carbocycles. The van der Waals surface area contributed by atoms with E-state index in [-0.39, 0.29) is 22.7 Å². The maximum atomic E-state index is 12.1. The number of benzene rings is 1. The topological polar surface area (TPSA) is 72.2 Å². The molecule has 1 amide bonds. The minimum absolute atomic E-state index is 0.0674. The molecule has 0 aliphatic carbocycles. The van der Waals surface area contributed by atoms with E-state index in [4.69, 9.17) is 11.6 Å². The summed E-state index contributed by atoms with van der Waals surface area (Å²) in [6.07, 6.45) is 0.604. The third kappa shape index (κ3) is 4.21. The molecule has 1 N–H and O–H groups in total. The number of nitro groups is 1. The van der Waals surface area contributed by atoms with Gasteiger partial charge in [-0.3, -0.25) is 14.9 Å². The molecule has 2 unspecified atom stereocenters. The molecule has 0 aromatic heterocycles. The normalized spacial score (nSPS) is 13.7. The van der Waals surface area contributed by atoms with Crippen LogP contribution in [0.2, 0.25) is 0 Å². The first-order valence-electron chi connectivity index (χ1n) is 6.01. The van der Waals surface area contributed by atoms with Crippen molar-refractivity contribution in [2.45, 2.75) is 38.6 Å². The van der Waals surface area contributed by atoms with Gasteiger partial charge in [-0.15, -0.1) is 11.6 Å². The van der Waals surface area contributed by atoms with Crippen molar-refractivity contribution in [1.82, 2.24) is 5.32 Å². The Morgan fingerprint density at radius 1 is 1.47 bits per heavy atom. The lowest BCUT2D eigenvalue weighted by Gasteiger charge is -2.15. The molecular formula is C13H17ClN2O3. The van der Waals surface area contributed by atoms with Gasteiger partial charge in [0.05, 0.1) is 4.92 Å². The average molecular weight is 285 g/mol. The number of rotatable bonds is 5. The van der Waals surface area contributed by atoms with E-state index >= 15 is 0 Å². The van der Waals surface area contributed by atoms with E-state index < -0.39 is 10.8 Å². The quantitative estimate of drug-likeness (QED) is 0.513. The van der Waals surface area contributed by atoms with Crippen LogP contribution in [0.4, 0.5) is 5.69 Å². The minimum Gasteiger partial charge on any atom is -0.349 e. The summed E-state index contributed by atoms with van der Waals surface area (Å²) in [6.45, 7) is 5.33. The maximum Gasteiger partial charge on any atom is 0.282 e. The summed E-state index contributed by atoms with van der Waals surface area (Å²) in [6, 6.07) is 4.43. The highest BCUT2D eigenvalue weighted by molar-refractivity contribution is 6.20. The molecule has 5 nitrogen and oxygen atoms in total. The van der Waals surface area contributed by atoms with Crippen molar-refractivity contribution in [2.75, 3.05) is 0 Å². The lowest BCUT2D eigenvalue weighted by molar-refractivity contribution is -0.385. The van der Waals surface area contributed by atoms with Crippen LogP contribution in [0.1, 0.15) is 36.2 Å². The molecule has 0 saturated heterocycles. The van der Waals surface area contributed by atoms with Crippen LogP contribution in [0.25, 0.3) is 0 Å². The van der Waals surface area contributed by atoms with Gasteiger partial charge in [-0.2, -0.15) is 0 Å². The summed E-state index contributed by atoms with van der Waals surface area (Å²) in [4.78, 5) is 22.5. The van der Waals surface area contributed by atoms with Crippen molar-refractivity contribution in [3.05, 3.63) is 39.4 Å². The molecule has 0 spiro atoms. The fraction of sp³-hybridized carbons (Fsp3) is 0.462. The number of hydrogen-bond donors (Lipinski definition) is 1. The molecule has 0 radical (unpaired) electrons. The predicted molar refractivity (Wildman–Crippen MR) is 74.7 cm³/mol. The number of alkyl halides is 1. The Morgan fingerprint density at radius 2 is 2.11 bits per heavy atom. The second kappa shape index (κ2) is 6.52. The van der Waals surface area contributed by atoms with Crippen molar-refractivity contribution >= 4 is 23.2 Å². The van der Waals surface area contributed by atoms with Crippen molar-refractivity contribution in [3.63, 3.8) is 0 Å². The summed E-state index contributed by atoms with van der Waals surface area (Å²) in [5.74, 6) is -0.436. The van der Waals surface area contributed by atoms with Gasteiger partial charge in [0.15, 0.2) is 0 Å². The molecule has 1 aromatic carbocycles. The zero-order chi connectivity index (χ0) is 14.6. The first kappa shape index (κ1) is 15.4. The van der Waals surface area contributed by atoms with Crippen LogP contribution in [0, 0.1) is 17.0 Å². The highest BCUT2D eigenvalue weighted by Gasteiger charge is 2.23. The second-order valence-electron chi connectivity index (χ2n) is 4.62. The third-order valence-corrected chi connectivity index (χ3v) is 2.91. The molecule has 1 aromatic rings. The van der Waals surface area contributed by atoms with E-state index in [9.17, 15) is 14.9 Å². The minimum atomic E-state index is -0.545. The molecular weight excluding hydrogens is 268 g/mol. The fourth-order valence-corrected chi connectivity index (χ4v) is 2.21. The summed E-state index contributed by atoms with van der Waals surface area (Å²) >= 11 is 5.86. The SMILES string of the molecule is Cc1cccc([N+](=O)[O-])c1C(=O)NC(C)CC(C)Cl. The van der Waals surface area contributed by atoms with Crippen molar-refractivity contribution in [2.24, 2.45) is 0 Å². The van der Waals surface area contributed by atoms with Crippen LogP contribution in [0.15, 0.2) is 18.2 Å². The molecule has 0 fully saturated rings. The standard InChI is InChI=1S/C13H17ClN2O3/c1-8-5-4-6-11(16(18)19)12(8)13(17)15-10(3)7-9(2)14/h4-6,9-10H,7H2,1-3H3,(H,15,17). The Bertz CT molecular complexity index is 489. The molecule has 19 heavy (non-hydrogen) atoms. The largest absolute Gasteiger partial charge is 0.349 e. The summed E-state index contributed by atoms with van der Waals surface area (Å²) < 4.78 is 0. The lowest BCUT2D eigenvalue weighted by Crippen LogP contribution is -2.34. The van der Waals surface area contributed by atoms with Crippen molar-refractivity contribution < 1.29 is 9.72 Å². The number of carbonyl (C=O) groups is 1. The Morgan fingerprint density at radius 3 is 2.63 bits per heavy atom. The van der Waals surface area contributed by atoms with Gasteiger partial charge >= 0.3 is 0 Å². The number of hydrogen-bond acceptors (Lipinski definition) is 3. The van der Waals surface area contributed by atoms with Crippen LogP contribution in [-0.4, -0.2) is 22.2 Å². The average Bonchev–Trinajstić information content (AvgIpc) is 2.26. The fourth-order valence-electron chi connectivity index (χ4n) is 1.94. The van der Waals surface area contributed by atoms with Gasteiger partial charge in [0.1, 0.15) is 5.56 Å². The van der Waals surface area contributed by atoms with Gasteiger partial charge in [0.2, 0.25) is 0 Å². The first-order valence-corrected chi connectivity index (χ1v) is 6.45. The molecule has 0 aliphatic heterocycles. The number of halogens is 1. The molecule has 1 rings (SSSR count). The number of nitrogens with one attached hydrogen (secondary N) is 1. The Hall–Kier alpha value is -1.62. The zero-order valence-electron chi connectivity index (χ0n) is 11.1. The van der Waals surface area contributed by atoms with E-state index in [2.05, 4.69) is 5.32 Å². The van der Waals surface area contributed by atoms with Crippen LogP contribution in [-0.2, 0) is 0 Å². The molecule has 2 atom stereocenters. The molecule has 6 heteroatoms. The van der Waals surface area contributed by atoms with E-state index in [0.717, 1.165) is 0 Å². The molecule has 0 heterocycles. The molecule has 0 aliphatic rings. The van der Waals surface area contributed by atoms with Crippen LogP contribution in [0.3, 0.4) is 0 Å². The second-order valence-corrected chi connectivity index (χ2v) is 5.36. The van der Waals surface area contributed by atoms with Gasteiger partial charge in [-0.25, -0.2) is 0 Å². The number of aryl methyl sites for hydroxylation is 1. The monoisotopic (exact) mass is 284 g/mol. The van der Waals surface area contributed by atoms with Crippen LogP contribution in [0.5, 0.6) is 0 Å². The summed E-state index contributed by atoms with van der Waals surface area (Å²) in [5.41, 5.74) is 0.517. The Labute approximate surface area is 117 Å². The van der Waals surface area contributed by atoms with E-state index in [1.165, 1.54) is 6.07 Å². The van der Waals surface area contributed by atoms with Gasteiger partial charge < -0.3 is 5.32 Å². The van der Waals surface area contributed by atoms with Gasteiger partial charge in [-0.1, -0.05) is 12.1 Å². The number of amides is 1. The van der Waals surface area contributed by atoms with Gasteiger partial charge in [0, 0.05) is 17.5 Å². The van der Waals surface area contributed by atoms with E-state index in [1.807, 2.05) is 13.8 Å². The molecule has 0 bridgehead atoms. The number of nitro benzene ring substituents is 1. The summed E-state index contributed by atoms with van der Waals surface area (Å²) in [5, 5.41) is 13.6. The van der Waals surface area contributed by atoms with Crippen molar-refractivity contribution in [1.29, 1.82) is 0 Å². The van der Waals surface area contributed by atoms with Crippen LogP contribution < -0.4 is 5.32 Å². The Balaban J connectivity index is 2.96. The predicted octanol–water partition coefficient (Wildman–Crippen LogP) is 3.04. The van der Waals surface area contributed by atoms with E-state index in [0.29, 0.717) is 12.0 Å². The first-order chi connectivity index (χ1) is 8.82. The maximum absolute atomic E-state index is 12.1. The van der Waals surface area contributed by atoms with Crippen molar-refractivity contribution in [3.8, 4) is 0 Å². The van der Waals surface area contributed by atoms with Gasteiger partial charge in [0.25, 0.3) is 11.6 Å². The van der Waals surface area contributed by atoms with Crippen LogP contribution >= 0.6 is 11.6 Å². The number of nitrogens with zero attached hydrogens (tertiary/aromatic N) is 1. The highest BCUT2D eigenvalue weighted by Crippen LogP contribution is 2.22. The Kier molecular flexibility index (Phi) is 5.30. The molecule has 104 valence electrons. The van der Waals surface area contributed by atoms with E-state index in [1.54, 1.807) is 19.1 Å². The zero-order valence-corrected chi connectivity index (χ0v) is 11.9.